The van der Waals surface area contributed by atoms with Crippen molar-refractivity contribution in [3.8, 4) is 0 Å². The maximum absolute atomic E-state index is 13.8. The Morgan fingerprint density at radius 3 is 2.67 bits per heavy atom. The largest absolute Gasteiger partial charge is 0.399 e. The lowest BCUT2D eigenvalue weighted by molar-refractivity contribution is 0.102. The van der Waals surface area contributed by atoms with Crippen LogP contribution >= 0.6 is 0 Å². The molecular weight excluding hydrogens is 235 g/mol. The van der Waals surface area contributed by atoms with Gasteiger partial charge >= 0.3 is 0 Å². The third-order valence-electron chi connectivity index (χ3n) is 2.31. The summed E-state index contributed by atoms with van der Waals surface area (Å²) in [7, 11) is 0. The lowest BCUT2D eigenvalue weighted by Crippen LogP contribution is -2.16. The minimum Gasteiger partial charge on any atom is -0.399 e. The van der Waals surface area contributed by atoms with Crippen LogP contribution in [0.25, 0.3) is 0 Å². The SMILES string of the molecule is Cc1cc(N)cc(C(=O)Nc2ncccn2)c1F. The summed E-state index contributed by atoms with van der Waals surface area (Å²) in [6.45, 7) is 1.54. The van der Waals surface area contributed by atoms with Gasteiger partial charge in [-0.3, -0.25) is 10.1 Å². The van der Waals surface area contributed by atoms with E-state index in [0.29, 0.717) is 11.3 Å². The molecule has 0 atom stereocenters. The molecule has 1 amide bonds. The number of benzene rings is 1. The molecule has 2 rings (SSSR count). The van der Waals surface area contributed by atoms with Crippen LogP contribution in [-0.2, 0) is 0 Å². The van der Waals surface area contributed by atoms with Crippen molar-refractivity contribution < 1.29 is 9.18 Å². The number of nitrogen functional groups attached to an aromatic ring is 1. The van der Waals surface area contributed by atoms with Gasteiger partial charge in [-0.1, -0.05) is 0 Å². The number of nitrogens with one attached hydrogen (secondary N) is 1. The average Bonchev–Trinajstić information content (AvgIpc) is 2.35. The third-order valence-corrected chi connectivity index (χ3v) is 2.31. The number of halogens is 1. The Morgan fingerprint density at radius 1 is 1.33 bits per heavy atom. The van der Waals surface area contributed by atoms with Gasteiger partial charge in [-0.2, -0.15) is 0 Å². The molecule has 0 saturated carbocycles. The van der Waals surface area contributed by atoms with Gasteiger partial charge in [-0.05, 0) is 30.7 Å². The second kappa shape index (κ2) is 4.79. The maximum Gasteiger partial charge on any atom is 0.261 e. The first-order valence-electron chi connectivity index (χ1n) is 5.22. The number of carbonyl (C=O) groups excluding carboxylic acids is 1. The van der Waals surface area contributed by atoms with Crippen molar-refractivity contribution in [1.82, 2.24) is 9.97 Å². The highest BCUT2D eigenvalue weighted by atomic mass is 19.1. The van der Waals surface area contributed by atoms with E-state index in [1.807, 2.05) is 0 Å². The second-order valence-corrected chi connectivity index (χ2v) is 3.73. The predicted molar refractivity (Wildman–Crippen MR) is 65.5 cm³/mol. The van der Waals surface area contributed by atoms with Crippen LogP contribution in [0.2, 0.25) is 0 Å². The number of nitrogens with zero attached hydrogens (tertiary/aromatic N) is 2. The number of carbonyl (C=O) groups is 1. The van der Waals surface area contributed by atoms with Crippen molar-refractivity contribution in [3.05, 3.63) is 47.5 Å². The Bertz CT molecular complexity index is 586. The smallest absolute Gasteiger partial charge is 0.261 e. The number of hydrogen-bond acceptors (Lipinski definition) is 4. The Hall–Kier alpha value is -2.50. The number of nitrogens with two attached hydrogens (primary N) is 1. The average molecular weight is 246 g/mol. The van der Waals surface area contributed by atoms with Gasteiger partial charge in [0.15, 0.2) is 0 Å². The van der Waals surface area contributed by atoms with Crippen molar-refractivity contribution in [2.75, 3.05) is 11.1 Å². The summed E-state index contributed by atoms with van der Waals surface area (Å²) >= 11 is 0. The number of anilines is 2. The van der Waals surface area contributed by atoms with Crippen LogP contribution in [0.15, 0.2) is 30.6 Å². The molecule has 1 heterocycles. The maximum atomic E-state index is 13.8. The third kappa shape index (κ3) is 2.42. The van der Waals surface area contributed by atoms with E-state index in [-0.39, 0.29) is 11.5 Å². The van der Waals surface area contributed by atoms with Crippen LogP contribution < -0.4 is 11.1 Å². The van der Waals surface area contributed by atoms with Crippen molar-refractivity contribution in [1.29, 1.82) is 0 Å². The molecule has 0 aliphatic rings. The topological polar surface area (TPSA) is 80.9 Å². The standard InChI is InChI=1S/C12H11FN4O/c1-7-5-8(14)6-9(10(7)13)11(18)17-12-15-3-2-4-16-12/h2-6H,14H2,1H3,(H,15,16,17,18). The molecule has 5 nitrogen and oxygen atoms in total. The summed E-state index contributed by atoms with van der Waals surface area (Å²) in [5, 5.41) is 2.40. The lowest BCUT2D eigenvalue weighted by Gasteiger charge is -2.07. The molecule has 0 fully saturated rings. The van der Waals surface area contributed by atoms with Gasteiger partial charge in [0.05, 0.1) is 5.56 Å². The summed E-state index contributed by atoms with van der Waals surface area (Å²) in [5.41, 5.74) is 6.10. The summed E-state index contributed by atoms with van der Waals surface area (Å²) < 4.78 is 13.8. The fourth-order valence-electron chi connectivity index (χ4n) is 1.50. The van der Waals surface area contributed by atoms with E-state index < -0.39 is 11.7 Å². The van der Waals surface area contributed by atoms with E-state index in [1.54, 1.807) is 13.0 Å². The van der Waals surface area contributed by atoms with Crippen LogP contribution in [0, 0.1) is 12.7 Å². The summed E-state index contributed by atoms with van der Waals surface area (Å²) in [6.07, 6.45) is 2.95. The van der Waals surface area contributed by atoms with Gasteiger partial charge in [-0.15, -0.1) is 0 Å². The quantitative estimate of drug-likeness (QED) is 0.791. The zero-order chi connectivity index (χ0) is 13.1. The van der Waals surface area contributed by atoms with Crippen molar-refractivity contribution in [2.45, 2.75) is 6.92 Å². The van der Waals surface area contributed by atoms with Gasteiger partial charge in [-0.25, -0.2) is 14.4 Å². The number of aryl methyl sites for hydroxylation is 1. The van der Waals surface area contributed by atoms with Crippen LogP contribution in [0.4, 0.5) is 16.0 Å². The van der Waals surface area contributed by atoms with Crippen LogP contribution in [0.5, 0.6) is 0 Å². The molecule has 2 aromatic rings. The molecule has 92 valence electrons. The van der Waals surface area contributed by atoms with Crippen LogP contribution in [0.1, 0.15) is 15.9 Å². The van der Waals surface area contributed by atoms with Crippen molar-refractivity contribution in [2.24, 2.45) is 0 Å². The highest BCUT2D eigenvalue weighted by Gasteiger charge is 2.15. The molecular formula is C12H11FN4O. The monoisotopic (exact) mass is 246 g/mol. The number of rotatable bonds is 2. The van der Waals surface area contributed by atoms with E-state index >= 15 is 0 Å². The summed E-state index contributed by atoms with van der Waals surface area (Å²) in [4.78, 5) is 19.5. The lowest BCUT2D eigenvalue weighted by atomic mass is 10.1. The molecule has 1 aromatic carbocycles. The van der Waals surface area contributed by atoms with E-state index in [2.05, 4.69) is 15.3 Å². The fourth-order valence-corrected chi connectivity index (χ4v) is 1.50. The molecule has 0 unspecified atom stereocenters. The minimum atomic E-state index is -0.630. The fraction of sp³-hybridized carbons (Fsp3) is 0.0833. The predicted octanol–water partition coefficient (Wildman–Crippen LogP) is 1.76. The Kier molecular flexibility index (Phi) is 3.18. The van der Waals surface area contributed by atoms with Crippen molar-refractivity contribution in [3.63, 3.8) is 0 Å². The zero-order valence-electron chi connectivity index (χ0n) is 9.64. The van der Waals surface area contributed by atoms with E-state index in [1.165, 1.54) is 24.5 Å². The number of hydrogen-bond donors (Lipinski definition) is 2. The molecule has 0 bridgehead atoms. The summed E-state index contributed by atoms with van der Waals surface area (Å²) in [5.74, 6) is -1.12. The van der Waals surface area contributed by atoms with Gasteiger partial charge in [0.1, 0.15) is 5.82 Å². The van der Waals surface area contributed by atoms with E-state index in [4.69, 9.17) is 5.73 Å². The molecule has 1 aromatic heterocycles. The van der Waals surface area contributed by atoms with Gasteiger partial charge in [0.2, 0.25) is 5.95 Å². The Morgan fingerprint density at radius 2 is 2.00 bits per heavy atom. The molecule has 0 aliphatic heterocycles. The van der Waals surface area contributed by atoms with E-state index in [0.717, 1.165) is 0 Å². The first kappa shape index (κ1) is 12.0. The highest BCUT2D eigenvalue weighted by Crippen LogP contribution is 2.17. The molecule has 6 heteroatoms. The Balaban J connectivity index is 2.30. The van der Waals surface area contributed by atoms with Gasteiger partial charge < -0.3 is 5.73 Å². The molecule has 18 heavy (non-hydrogen) atoms. The summed E-state index contributed by atoms with van der Waals surface area (Å²) in [6, 6.07) is 4.35. The van der Waals surface area contributed by atoms with E-state index in [9.17, 15) is 9.18 Å². The number of amides is 1. The second-order valence-electron chi connectivity index (χ2n) is 3.73. The first-order valence-corrected chi connectivity index (χ1v) is 5.22. The van der Waals surface area contributed by atoms with Gasteiger partial charge in [0, 0.05) is 18.1 Å². The Labute approximate surface area is 103 Å². The van der Waals surface area contributed by atoms with Gasteiger partial charge in [0.25, 0.3) is 5.91 Å². The zero-order valence-corrected chi connectivity index (χ0v) is 9.64. The number of aromatic nitrogens is 2. The van der Waals surface area contributed by atoms with Crippen molar-refractivity contribution >= 4 is 17.5 Å². The minimum absolute atomic E-state index is 0.113. The van der Waals surface area contributed by atoms with Crippen LogP contribution in [-0.4, -0.2) is 15.9 Å². The van der Waals surface area contributed by atoms with Crippen LogP contribution in [0.3, 0.4) is 0 Å². The highest BCUT2D eigenvalue weighted by molar-refractivity contribution is 6.04. The molecule has 3 N–H and O–H groups in total. The first-order chi connectivity index (χ1) is 8.58. The molecule has 0 aliphatic carbocycles. The molecule has 0 saturated heterocycles. The molecule has 0 radical (unpaired) electrons. The molecule has 0 spiro atoms. The normalized spacial score (nSPS) is 10.1.